The summed E-state index contributed by atoms with van der Waals surface area (Å²) in [5, 5.41) is 2.22. The van der Waals surface area contributed by atoms with Gasteiger partial charge in [-0.3, -0.25) is 0 Å². The summed E-state index contributed by atoms with van der Waals surface area (Å²) < 4.78 is 2.48. The Morgan fingerprint density at radius 2 is 2.12 bits per heavy atom. The molecule has 0 nitrogen and oxygen atoms in total. The molecule has 1 aromatic carbocycles. The second kappa shape index (κ2) is 5.98. The molecule has 0 aliphatic carbocycles. The van der Waals surface area contributed by atoms with Crippen molar-refractivity contribution in [2.24, 2.45) is 0 Å². The summed E-state index contributed by atoms with van der Waals surface area (Å²) in [6.07, 6.45) is 1.02. The van der Waals surface area contributed by atoms with Crippen LogP contribution in [-0.4, -0.2) is 0 Å². The number of benzene rings is 1. The molecule has 2 aromatic rings. The highest BCUT2D eigenvalue weighted by molar-refractivity contribution is 14.1. The van der Waals surface area contributed by atoms with Crippen molar-refractivity contribution in [3.8, 4) is 0 Å². The molecule has 1 aromatic heterocycles. The van der Waals surface area contributed by atoms with Crippen LogP contribution in [0.25, 0.3) is 0 Å². The molecule has 16 heavy (non-hydrogen) atoms. The Balaban J connectivity index is 2.10. The van der Waals surface area contributed by atoms with Crippen molar-refractivity contribution in [2.45, 2.75) is 11.2 Å². The fourth-order valence-electron chi connectivity index (χ4n) is 1.48. The van der Waals surface area contributed by atoms with Crippen molar-refractivity contribution in [3.05, 3.63) is 54.2 Å². The minimum Gasteiger partial charge on any atom is -0.137 e. The molecule has 4 heteroatoms. The number of hydrogen-bond acceptors (Lipinski definition) is 1. The molecule has 2 rings (SSSR count). The van der Waals surface area contributed by atoms with Gasteiger partial charge in [-0.05, 0) is 63.7 Å². The van der Waals surface area contributed by atoms with Gasteiger partial charge in [0.25, 0.3) is 0 Å². The van der Waals surface area contributed by atoms with E-state index in [9.17, 15) is 0 Å². The zero-order chi connectivity index (χ0) is 11.5. The van der Waals surface area contributed by atoms with E-state index in [0.717, 1.165) is 10.9 Å². The van der Waals surface area contributed by atoms with Gasteiger partial charge in [-0.25, -0.2) is 0 Å². The molecule has 0 aliphatic heterocycles. The molecule has 0 bridgehead atoms. The summed E-state index contributed by atoms with van der Waals surface area (Å²) in [5.41, 5.74) is 2.71. The first-order chi connectivity index (χ1) is 7.65. The van der Waals surface area contributed by atoms with E-state index in [2.05, 4.69) is 90.2 Å². The van der Waals surface area contributed by atoms with Crippen molar-refractivity contribution in [2.75, 3.05) is 0 Å². The minimum atomic E-state index is 0.404. The van der Waals surface area contributed by atoms with E-state index in [0.29, 0.717) is 4.83 Å². The Kier molecular flexibility index (Phi) is 4.88. The number of hydrogen-bond donors (Lipinski definition) is 0. The summed E-state index contributed by atoms with van der Waals surface area (Å²) in [7, 11) is 0. The molecule has 0 aliphatic rings. The molecule has 1 unspecified atom stereocenters. The predicted molar refractivity (Wildman–Crippen MR) is 86.6 cm³/mol. The first-order valence-corrected chi connectivity index (χ1v) is 8.44. The summed E-state index contributed by atoms with van der Waals surface area (Å²) in [5.74, 6) is 0. The SMILES string of the molecule is Brc1cccc(CC(Br)c2csc(I)c2)c1. The topological polar surface area (TPSA) is 0 Å². The molecule has 0 spiro atoms. The minimum absolute atomic E-state index is 0.404. The van der Waals surface area contributed by atoms with Crippen molar-refractivity contribution >= 4 is 65.8 Å². The first kappa shape index (κ1) is 13.1. The van der Waals surface area contributed by atoms with Gasteiger partial charge in [0.1, 0.15) is 0 Å². The second-order valence-corrected chi connectivity index (χ2v) is 8.31. The van der Waals surface area contributed by atoms with Crippen LogP contribution in [0.1, 0.15) is 16.0 Å². The lowest BCUT2D eigenvalue weighted by molar-refractivity contribution is 0.953. The van der Waals surface area contributed by atoms with Crippen LogP contribution in [0, 0.1) is 2.88 Å². The Morgan fingerprint density at radius 3 is 2.75 bits per heavy atom. The molecule has 84 valence electrons. The summed E-state index contributed by atoms with van der Waals surface area (Å²) in [4.78, 5) is 0.404. The molecular weight excluding hydrogens is 463 g/mol. The first-order valence-electron chi connectivity index (χ1n) is 4.77. The lowest BCUT2D eigenvalue weighted by Gasteiger charge is -2.08. The highest BCUT2D eigenvalue weighted by Gasteiger charge is 2.10. The van der Waals surface area contributed by atoms with Gasteiger partial charge in [0, 0.05) is 9.30 Å². The molecular formula is C12H9Br2IS. The van der Waals surface area contributed by atoms with Crippen LogP contribution in [-0.2, 0) is 6.42 Å². The third kappa shape index (κ3) is 3.55. The van der Waals surface area contributed by atoms with Crippen LogP contribution in [0.15, 0.2) is 40.2 Å². The van der Waals surface area contributed by atoms with Gasteiger partial charge in [0.15, 0.2) is 0 Å². The highest BCUT2D eigenvalue weighted by atomic mass is 127. The van der Waals surface area contributed by atoms with E-state index in [4.69, 9.17) is 0 Å². The van der Waals surface area contributed by atoms with Gasteiger partial charge in [0.2, 0.25) is 0 Å². The molecule has 0 saturated heterocycles. The van der Waals surface area contributed by atoms with Gasteiger partial charge in [0.05, 0.1) is 2.88 Å². The van der Waals surface area contributed by atoms with Crippen LogP contribution >= 0.6 is 65.8 Å². The van der Waals surface area contributed by atoms with E-state index in [1.807, 2.05) is 0 Å². The summed E-state index contributed by atoms with van der Waals surface area (Å²) in [6, 6.07) is 10.7. The number of alkyl halides is 1. The smallest absolute Gasteiger partial charge is 0.0656 e. The lowest BCUT2D eigenvalue weighted by atomic mass is 10.1. The van der Waals surface area contributed by atoms with Gasteiger partial charge < -0.3 is 0 Å². The molecule has 0 amide bonds. The number of rotatable bonds is 3. The largest absolute Gasteiger partial charge is 0.137 e. The molecule has 1 heterocycles. The van der Waals surface area contributed by atoms with E-state index in [1.165, 1.54) is 14.0 Å². The quantitative estimate of drug-likeness (QED) is 0.392. The van der Waals surface area contributed by atoms with E-state index in [-0.39, 0.29) is 0 Å². The molecule has 1 atom stereocenters. The zero-order valence-corrected chi connectivity index (χ0v) is 14.4. The van der Waals surface area contributed by atoms with Crippen molar-refractivity contribution < 1.29 is 0 Å². The van der Waals surface area contributed by atoms with Gasteiger partial charge in [-0.2, -0.15) is 0 Å². The van der Waals surface area contributed by atoms with Gasteiger partial charge in [-0.1, -0.05) is 44.0 Å². The molecule has 0 N–H and O–H groups in total. The summed E-state index contributed by atoms with van der Waals surface area (Å²) in [6.45, 7) is 0. The Morgan fingerprint density at radius 1 is 1.31 bits per heavy atom. The van der Waals surface area contributed by atoms with Crippen LogP contribution in [0.3, 0.4) is 0 Å². The average Bonchev–Trinajstić information content (AvgIpc) is 2.65. The zero-order valence-electron chi connectivity index (χ0n) is 8.29. The normalized spacial score (nSPS) is 12.7. The molecule has 0 fully saturated rings. The third-order valence-corrected chi connectivity index (χ3v) is 5.41. The van der Waals surface area contributed by atoms with Gasteiger partial charge in [-0.15, -0.1) is 11.3 Å². The highest BCUT2D eigenvalue weighted by Crippen LogP contribution is 2.31. The average molecular weight is 472 g/mol. The maximum absolute atomic E-state index is 3.75. The lowest BCUT2D eigenvalue weighted by Crippen LogP contribution is -1.93. The second-order valence-electron chi connectivity index (χ2n) is 3.49. The fourth-order valence-corrected chi connectivity index (χ4v) is 4.16. The monoisotopic (exact) mass is 470 g/mol. The van der Waals surface area contributed by atoms with Crippen LogP contribution < -0.4 is 0 Å². The van der Waals surface area contributed by atoms with E-state index < -0.39 is 0 Å². The van der Waals surface area contributed by atoms with Crippen molar-refractivity contribution in [1.29, 1.82) is 0 Å². The Labute approximate surface area is 130 Å². The van der Waals surface area contributed by atoms with Crippen LogP contribution in [0.5, 0.6) is 0 Å². The maximum atomic E-state index is 3.75. The van der Waals surface area contributed by atoms with Crippen LogP contribution in [0.2, 0.25) is 0 Å². The fraction of sp³-hybridized carbons (Fsp3) is 0.167. The molecule has 0 radical (unpaired) electrons. The van der Waals surface area contributed by atoms with Crippen LogP contribution in [0.4, 0.5) is 0 Å². The predicted octanol–water partition coefficient (Wildman–Crippen LogP) is 5.79. The third-order valence-electron chi connectivity index (χ3n) is 2.25. The van der Waals surface area contributed by atoms with Gasteiger partial charge >= 0.3 is 0 Å². The van der Waals surface area contributed by atoms with E-state index in [1.54, 1.807) is 11.3 Å². The van der Waals surface area contributed by atoms with Crippen molar-refractivity contribution in [1.82, 2.24) is 0 Å². The Bertz CT molecular complexity index is 481. The van der Waals surface area contributed by atoms with E-state index >= 15 is 0 Å². The molecule has 0 saturated carbocycles. The number of thiophene rings is 1. The van der Waals surface area contributed by atoms with Crippen molar-refractivity contribution in [3.63, 3.8) is 0 Å². The number of halogens is 3. The standard InChI is InChI=1S/C12H9Br2IS/c13-10-3-1-2-8(4-10)5-11(14)9-6-12(15)16-7-9/h1-4,6-7,11H,5H2. The Hall–Kier alpha value is 0.610. The summed E-state index contributed by atoms with van der Waals surface area (Å²) >= 11 is 11.4. The maximum Gasteiger partial charge on any atom is 0.0656 e.